The highest BCUT2D eigenvalue weighted by Gasteiger charge is 2.19. The van der Waals surface area contributed by atoms with Crippen LogP contribution in [0.15, 0.2) is 0 Å². The van der Waals surface area contributed by atoms with Crippen LogP contribution in [0.5, 0.6) is 0 Å². The zero-order chi connectivity index (χ0) is 41.9. The van der Waals surface area contributed by atoms with Crippen LogP contribution in [0.25, 0.3) is 0 Å². The van der Waals surface area contributed by atoms with Gasteiger partial charge in [-0.1, -0.05) is 240 Å². The Balaban J connectivity index is 4.06. The van der Waals surface area contributed by atoms with Gasteiger partial charge in [-0.3, -0.25) is 14.4 Å². The monoisotopic (exact) mass is 807 g/mol. The van der Waals surface area contributed by atoms with Crippen molar-refractivity contribution < 1.29 is 28.6 Å². The molecule has 0 rings (SSSR count). The Labute approximate surface area is 355 Å². The van der Waals surface area contributed by atoms with E-state index >= 15 is 0 Å². The summed E-state index contributed by atoms with van der Waals surface area (Å²) in [6.07, 6.45) is 44.2. The van der Waals surface area contributed by atoms with Crippen LogP contribution in [-0.4, -0.2) is 37.2 Å². The Morgan fingerprint density at radius 1 is 0.333 bits per heavy atom. The van der Waals surface area contributed by atoms with Crippen molar-refractivity contribution in [2.75, 3.05) is 13.2 Å². The third kappa shape index (κ3) is 45.3. The first kappa shape index (κ1) is 55.4. The molecule has 0 aliphatic rings. The topological polar surface area (TPSA) is 78.9 Å². The minimum atomic E-state index is -0.759. The Kier molecular flexibility index (Phi) is 42.7. The first-order valence-electron chi connectivity index (χ1n) is 25.2. The van der Waals surface area contributed by atoms with Crippen LogP contribution < -0.4 is 0 Å². The molecule has 338 valence electrons. The molecule has 0 unspecified atom stereocenters. The van der Waals surface area contributed by atoms with Gasteiger partial charge in [-0.2, -0.15) is 0 Å². The molecule has 0 aliphatic carbocycles. The number of hydrogen-bond donors (Lipinski definition) is 0. The van der Waals surface area contributed by atoms with E-state index in [0.717, 1.165) is 76.0 Å². The van der Waals surface area contributed by atoms with Gasteiger partial charge in [0.25, 0.3) is 0 Å². The van der Waals surface area contributed by atoms with Gasteiger partial charge < -0.3 is 14.2 Å². The lowest BCUT2D eigenvalue weighted by atomic mass is 10.0. The van der Waals surface area contributed by atoms with Crippen LogP contribution in [0.2, 0.25) is 0 Å². The minimum Gasteiger partial charge on any atom is -0.462 e. The maximum atomic E-state index is 12.7. The van der Waals surface area contributed by atoms with Gasteiger partial charge in [-0.15, -0.1) is 0 Å². The van der Waals surface area contributed by atoms with E-state index in [0.29, 0.717) is 19.3 Å². The first-order chi connectivity index (χ1) is 27.7. The number of esters is 3. The third-order valence-corrected chi connectivity index (χ3v) is 11.5. The fourth-order valence-corrected chi connectivity index (χ4v) is 7.64. The van der Waals surface area contributed by atoms with Gasteiger partial charge in [-0.25, -0.2) is 0 Å². The summed E-state index contributed by atoms with van der Waals surface area (Å²) in [6.45, 7) is 11.3. The number of hydrogen-bond acceptors (Lipinski definition) is 6. The van der Waals surface area contributed by atoms with Crippen LogP contribution >= 0.6 is 0 Å². The summed E-state index contributed by atoms with van der Waals surface area (Å²) in [5.41, 5.74) is 0. The molecule has 0 aromatic heterocycles. The molecule has 0 radical (unpaired) electrons. The summed E-state index contributed by atoms with van der Waals surface area (Å²) in [7, 11) is 0. The average molecular weight is 807 g/mol. The fourth-order valence-electron chi connectivity index (χ4n) is 7.64. The van der Waals surface area contributed by atoms with E-state index < -0.39 is 6.10 Å². The Hall–Kier alpha value is -1.59. The van der Waals surface area contributed by atoms with Crippen molar-refractivity contribution in [1.82, 2.24) is 0 Å². The molecule has 0 aromatic rings. The highest BCUT2D eigenvalue weighted by Crippen LogP contribution is 2.17. The predicted molar refractivity (Wildman–Crippen MR) is 243 cm³/mol. The molecule has 0 heterocycles. The Morgan fingerprint density at radius 3 is 0.860 bits per heavy atom. The van der Waals surface area contributed by atoms with Gasteiger partial charge in [0.15, 0.2) is 6.10 Å². The molecule has 57 heavy (non-hydrogen) atoms. The van der Waals surface area contributed by atoms with E-state index in [-0.39, 0.29) is 31.1 Å². The smallest absolute Gasteiger partial charge is 0.306 e. The fraction of sp³-hybridized carbons (Fsp3) is 0.941. The summed E-state index contributed by atoms with van der Waals surface area (Å²) >= 11 is 0. The lowest BCUT2D eigenvalue weighted by Crippen LogP contribution is -2.30. The summed E-state index contributed by atoms with van der Waals surface area (Å²) in [5.74, 6) is 0.810. The minimum absolute atomic E-state index is 0.0650. The van der Waals surface area contributed by atoms with Gasteiger partial charge in [0.2, 0.25) is 0 Å². The van der Waals surface area contributed by atoms with Crippen LogP contribution in [0.1, 0.15) is 279 Å². The zero-order valence-electron chi connectivity index (χ0n) is 39.0. The summed E-state index contributed by atoms with van der Waals surface area (Å²) < 4.78 is 16.7. The van der Waals surface area contributed by atoms with Crippen molar-refractivity contribution in [3.63, 3.8) is 0 Å². The van der Waals surface area contributed by atoms with Crippen molar-refractivity contribution in [2.45, 2.75) is 285 Å². The quantitative estimate of drug-likeness (QED) is 0.0346. The molecule has 6 nitrogen and oxygen atoms in total. The third-order valence-electron chi connectivity index (χ3n) is 11.5. The maximum absolute atomic E-state index is 12.7. The SMILES string of the molecule is CCCCCCCC(=O)OC[C@H](COC(=O)CCCCCCCCCCCCCCCCCCCCC(C)C)OC(=O)CCCCCCCCCCCCC(C)C. The second kappa shape index (κ2) is 44.0. The lowest BCUT2D eigenvalue weighted by Gasteiger charge is -2.18. The molecule has 0 bridgehead atoms. The van der Waals surface area contributed by atoms with Gasteiger partial charge in [-0.05, 0) is 31.1 Å². The molecule has 0 saturated heterocycles. The van der Waals surface area contributed by atoms with E-state index in [1.807, 2.05) is 0 Å². The van der Waals surface area contributed by atoms with Crippen LogP contribution in [0.3, 0.4) is 0 Å². The van der Waals surface area contributed by atoms with E-state index in [1.165, 1.54) is 161 Å². The number of carbonyl (C=O) groups excluding carboxylic acids is 3. The Morgan fingerprint density at radius 2 is 0.579 bits per heavy atom. The number of unbranched alkanes of at least 4 members (excludes halogenated alkanes) is 30. The lowest BCUT2D eigenvalue weighted by molar-refractivity contribution is -0.167. The largest absolute Gasteiger partial charge is 0.462 e. The standard InChI is InChI=1S/C51H98O6/c1-6-7-8-29-36-41-49(52)55-44-48(57-51(54)43-38-33-28-24-20-19-22-26-31-35-40-47(4)5)45-56-50(53)42-37-32-27-23-18-16-14-12-10-9-11-13-15-17-21-25-30-34-39-46(2)3/h46-48H,6-45H2,1-5H3/t48-/m1/s1. The van der Waals surface area contributed by atoms with Gasteiger partial charge in [0, 0.05) is 19.3 Å². The predicted octanol–water partition coefficient (Wildman–Crippen LogP) is 16.1. The normalized spacial score (nSPS) is 12.1. The molecule has 0 aromatic carbocycles. The second-order valence-corrected chi connectivity index (χ2v) is 18.4. The highest BCUT2D eigenvalue weighted by atomic mass is 16.6. The molecule has 0 amide bonds. The number of carbonyl (C=O) groups is 3. The molecule has 0 saturated carbocycles. The summed E-state index contributed by atoms with van der Waals surface area (Å²) in [6, 6.07) is 0. The van der Waals surface area contributed by atoms with Gasteiger partial charge >= 0.3 is 17.9 Å². The second-order valence-electron chi connectivity index (χ2n) is 18.4. The maximum Gasteiger partial charge on any atom is 0.306 e. The molecular formula is C51H98O6. The van der Waals surface area contributed by atoms with E-state index in [1.54, 1.807) is 0 Å². The molecule has 0 spiro atoms. The van der Waals surface area contributed by atoms with E-state index in [2.05, 4.69) is 34.6 Å². The molecule has 0 fully saturated rings. The van der Waals surface area contributed by atoms with Crippen molar-refractivity contribution in [3.8, 4) is 0 Å². The van der Waals surface area contributed by atoms with Crippen molar-refractivity contribution in [2.24, 2.45) is 11.8 Å². The Bertz CT molecular complexity index is 870. The van der Waals surface area contributed by atoms with E-state index in [4.69, 9.17) is 14.2 Å². The molecule has 6 heteroatoms. The van der Waals surface area contributed by atoms with E-state index in [9.17, 15) is 14.4 Å². The van der Waals surface area contributed by atoms with Crippen LogP contribution in [0, 0.1) is 11.8 Å². The molecular weight excluding hydrogens is 709 g/mol. The van der Waals surface area contributed by atoms with Gasteiger partial charge in [0.05, 0.1) is 0 Å². The first-order valence-corrected chi connectivity index (χ1v) is 25.2. The summed E-state index contributed by atoms with van der Waals surface area (Å²) in [4.78, 5) is 37.6. The zero-order valence-corrected chi connectivity index (χ0v) is 39.0. The molecule has 1 atom stereocenters. The van der Waals surface area contributed by atoms with Gasteiger partial charge in [0.1, 0.15) is 13.2 Å². The molecule has 0 aliphatic heterocycles. The average Bonchev–Trinajstić information content (AvgIpc) is 3.18. The van der Waals surface area contributed by atoms with Crippen molar-refractivity contribution in [1.29, 1.82) is 0 Å². The number of rotatable bonds is 45. The van der Waals surface area contributed by atoms with Crippen molar-refractivity contribution in [3.05, 3.63) is 0 Å². The highest BCUT2D eigenvalue weighted by molar-refractivity contribution is 5.71. The summed E-state index contributed by atoms with van der Waals surface area (Å²) in [5, 5.41) is 0. The molecule has 0 N–H and O–H groups in total. The van der Waals surface area contributed by atoms with Crippen LogP contribution in [-0.2, 0) is 28.6 Å². The van der Waals surface area contributed by atoms with Crippen molar-refractivity contribution >= 4 is 17.9 Å². The number of ether oxygens (including phenoxy) is 3. The van der Waals surface area contributed by atoms with Crippen LogP contribution in [0.4, 0.5) is 0 Å².